The third-order valence-electron chi connectivity index (χ3n) is 3.55. The van der Waals surface area contributed by atoms with E-state index in [9.17, 15) is 10.1 Å². The third kappa shape index (κ3) is 2.30. The summed E-state index contributed by atoms with van der Waals surface area (Å²) in [7, 11) is 0. The molecule has 0 bridgehead atoms. The molecule has 0 saturated heterocycles. The van der Waals surface area contributed by atoms with Crippen LogP contribution in [0.2, 0.25) is 0 Å². The summed E-state index contributed by atoms with van der Waals surface area (Å²) >= 11 is 2.66. The van der Waals surface area contributed by atoms with Crippen LogP contribution in [-0.4, -0.2) is 22.6 Å². The molecule has 0 aromatic carbocycles. The van der Waals surface area contributed by atoms with Crippen molar-refractivity contribution in [1.29, 1.82) is 5.26 Å². The zero-order chi connectivity index (χ0) is 15.0. The van der Waals surface area contributed by atoms with Crippen LogP contribution >= 0.6 is 22.7 Å². The van der Waals surface area contributed by atoms with E-state index in [1.54, 1.807) is 0 Å². The van der Waals surface area contributed by atoms with Crippen molar-refractivity contribution in [2.75, 3.05) is 11.4 Å². The number of aromatic nitrogens is 1. The zero-order valence-electron chi connectivity index (χ0n) is 11.4. The van der Waals surface area contributed by atoms with Crippen LogP contribution in [0.3, 0.4) is 0 Å². The number of carboxylic acids is 1. The monoisotopic (exact) mass is 319 g/mol. The number of thiophene rings is 1. The number of thiazole rings is 1. The highest BCUT2D eigenvalue weighted by atomic mass is 32.1. The van der Waals surface area contributed by atoms with Gasteiger partial charge in [0.25, 0.3) is 0 Å². The van der Waals surface area contributed by atoms with Gasteiger partial charge in [-0.3, -0.25) is 0 Å². The molecule has 5 nitrogen and oxygen atoms in total. The van der Waals surface area contributed by atoms with E-state index >= 15 is 0 Å². The van der Waals surface area contributed by atoms with E-state index in [0.717, 1.165) is 29.1 Å². The smallest absolute Gasteiger partial charge is 0.347 e. The average Bonchev–Trinajstić information content (AvgIpc) is 3.15. The van der Waals surface area contributed by atoms with Gasteiger partial charge in [0.05, 0.1) is 6.20 Å². The van der Waals surface area contributed by atoms with Crippen LogP contribution in [0.4, 0.5) is 10.1 Å². The molecule has 2 heterocycles. The third-order valence-corrected chi connectivity index (χ3v) is 5.76. The molecule has 0 saturated carbocycles. The van der Waals surface area contributed by atoms with Gasteiger partial charge in [0.15, 0.2) is 5.13 Å². The van der Waals surface area contributed by atoms with E-state index in [-0.39, 0.29) is 4.88 Å². The number of nitriles is 1. The van der Waals surface area contributed by atoms with Gasteiger partial charge >= 0.3 is 5.97 Å². The van der Waals surface area contributed by atoms with Gasteiger partial charge in [-0.15, -0.1) is 11.3 Å². The molecule has 0 spiro atoms. The second-order valence-electron chi connectivity index (χ2n) is 4.72. The van der Waals surface area contributed by atoms with E-state index in [1.165, 1.54) is 40.0 Å². The van der Waals surface area contributed by atoms with E-state index in [2.05, 4.69) is 11.1 Å². The number of nitrogens with zero attached hydrogens (tertiary/aromatic N) is 3. The van der Waals surface area contributed by atoms with Gasteiger partial charge in [-0.2, -0.15) is 5.26 Å². The minimum Gasteiger partial charge on any atom is -0.477 e. The standard InChI is InChI=1S/C14H13N3O2S2/c1-2-17(14-16-7-11(21-14)13(18)19)12-9-5-3-4-8(9)10(6-15)20-12/h7H,2-5H2,1H3,(H,18,19). The molecule has 108 valence electrons. The second-order valence-corrected chi connectivity index (χ2v) is 6.72. The van der Waals surface area contributed by atoms with Crippen molar-refractivity contribution in [3.05, 3.63) is 27.1 Å². The molecule has 2 aromatic rings. The quantitative estimate of drug-likeness (QED) is 0.934. The lowest BCUT2D eigenvalue weighted by atomic mass is 10.2. The number of aromatic carboxylic acids is 1. The Morgan fingerprint density at radius 2 is 2.24 bits per heavy atom. The fourth-order valence-corrected chi connectivity index (χ4v) is 4.76. The Labute approximate surface area is 130 Å². The first-order valence-electron chi connectivity index (χ1n) is 6.67. The van der Waals surface area contributed by atoms with Crippen LogP contribution in [-0.2, 0) is 12.8 Å². The fourth-order valence-electron chi connectivity index (χ4n) is 2.61. The minimum atomic E-state index is -0.955. The number of rotatable bonds is 4. The lowest BCUT2D eigenvalue weighted by Gasteiger charge is -2.19. The van der Waals surface area contributed by atoms with Crippen molar-refractivity contribution in [1.82, 2.24) is 4.98 Å². The highest BCUT2D eigenvalue weighted by Gasteiger charge is 2.27. The average molecular weight is 319 g/mol. The van der Waals surface area contributed by atoms with Crippen LogP contribution < -0.4 is 4.90 Å². The predicted octanol–water partition coefficient (Wildman–Crippen LogP) is 3.42. The number of fused-ring (bicyclic) bond motifs is 1. The Balaban J connectivity index is 2.04. The molecule has 1 aliphatic carbocycles. The molecule has 1 N–H and O–H groups in total. The Morgan fingerprint density at radius 3 is 2.86 bits per heavy atom. The van der Waals surface area contributed by atoms with Crippen LogP contribution in [0, 0.1) is 11.3 Å². The maximum absolute atomic E-state index is 11.0. The van der Waals surface area contributed by atoms with Gasteiger partial charge in [-0.05, 0) is 37.3 Å². The first-order valence-corrected chi connectivity index (χ1v) is 8.30. The normalized spacial score (nSPS) is 13.0. The summed E-state index contributed by atoms with van der Waals surface area (Å²) in [5.41, 5.74) is 2.41. The summed E-state index contributed by atoms with van der Waals surface area (Å²) in [5.74, 6) is -0.955. The van der Waals surface area contributed by atoms with Gasteiger partial charge in [0.2, 0.25) is 0 Å². The molecule has 0 aliphatic heterocycles. The van der Waals surface area contributed by atoms with Gasteiger partial charge in [0, 0.05) is 6.54 Å². The SMILES string of the molecule is CCN(c1ncc(C(=O)O)s1)c1sc(C#N)c2c1CCC2. The van der Waals surface area contributed by atoms with E-state index < -0.39 is 5.97 Å². The highest BCUT2D eigenvalue weighted by molar-refractivity contribution is 7.19. The summed E-state index contributed by atoms with van der Waals surface area (Å²) < 4.78 is 0. The van der Waals surface area contributed by atoms with Crippen LogP contribution in [0.5, 0.6) is 0 Å². The molecule has 2 aromatic heterocycles. The van der Waals surface area contributed by atoms with Crippen molar-refractivity contribution < 1.29 is 9.90 Å². The summed E-state index contributed by atoms with van der Waals surface area (Å²) in [4.78, 5) is 18.3. The number of carboxylic acid groups (broad SMARTS) is 1. The first kappa shape index (κ1) is 14.0. The van der Waals surface area contributed by atoms with Gasteiger partial charge in [-0.1, -0.05) is 11.3 Å². The second kappa shape index (κ2) is 5.47. The molecule has 0 radical (unpaired) electrons. The van der Waals surface area contributed by atoms with Crippen molar-refractivity contribution in [2.45, 2.75) is 26.2 Å². The Bertz CT molecular complexity index is 742. The number of carbonyl (C=O) groups is 1. The Hall–Kier alpha value is -1.91. The molecule has 1 aliphatic rings. The van der Waals surface area contributed by atoms with Gasteiger partial charge < -0.3 is 10.0 Å². The van der Waals surface area contributed by atoms with E-state index in [0.29, 0.717) is 11.7 Å². The van der Waals surface area contributed by atoms with Crippen molar-refractivity contribution in [3.8, 4) is 6.07 Å². The molecule has 21 heavy (non-hydrogen) atoms. The van der Waals surface area contributed by atoms with Crippen LogP contribution in [0.1, 0.15) is 39.0 Å². The summed E-state index contributed by atoms with van der Waals surface area (Å²) in [6.07, 6.45) is 4.42. The van der Waals surface area contributed by atoms with Crippen LogP contribution in [0.15, 0.2) is 6.20 Å². The fraction of sp³-hybridized carbons (Fsp3) is 0.357. The number of hydrogen-bond donors (Lipinski definition) is 1. The van der Waals surface area contributed by atoms with Gasteiger partial charge in [-0.25, -0.2) is 9.78 Å². The molecule has 7 heteroatoms. The lowest BCUT2D eigenvalue weighted by molar-refractivity contribution is 0.0702. The van der Waals surface area contributed by atoms with E-state index in [4.69, 9.17) is 5.11 Å². The molecule has 0 unspecified atom stereocenters. The molecular formula is C14H13N3O2S2. The van der Waals surface area contributed by atoms with E-state index in [1.807, 2.05) is 11.8 Å². The Morgan fingerprint density at radius 1 is 1.48 bits per heavy atom. The maximum atomic E-state index is 11.0. The molecule has 0 fully saturated rings. The Kier molecular flexibility index (Phi) is 3.66. The van der Waals surface area contributed by atoms with Gasteiger partial charge in [0.1, 0.15) is 20.8 Å². The number of anilines is 2. The summed E-state index contributed by atoms with van der Waals surface area (Å²) in [6.45, 7) is 2.71. The lowest BCUT2D eigenvalue weighted by Crippen LogP contribution is -2.15. The van der Waals surface area contributed by atoms with Crippen LogP contribution in [0.25, 0.3) is 0 Å². The predicted molar refractivity (Wildman–Crippen MR) is 82.8 cm³/mol. The minimum absolute atomic E-state index is 0.233. The number of hydrogen-bond acceptors (Lipinski definition) is 6. The summed E-state index contributed by atoms with van der Waals surface area (Å²) in [5, 5.41) is 20.0. The molecule has 0 amide bonds. The summed E-state index contributed by atoms with van der Waals surface area (Å²) in [6, 6.07) is 2.28. The van der Waals surface area contributed by atoms with Crippen molar-refractivity contribution in [2.24, 2.45) is 0 Å². The highest BCUT2D eigenvalue weighted by Crippen LogP contribution is 2.44. The zero-order valence-corrected chi connectivity index (χ0v) is 13.1. The molecular weight excluding hydrogens is 306 g/mol. The van der Waals surface area contributed by atoms with Crippen molar-refractivity contribution >= 4 is 38.8 Å². The first-order chi connectivity index (χ1) is 10.2. The van der Waals surface area contributed by atoms with Crippen molar-refractivity contribution in [3.63, 3.8) is 0 Å². The largest absolute Gasteiger partial charge is 0.477 e. The molecule has 3 rings (SSSR count). The topological polar surface area (TPSA) is 77.2 Å². The molecule has 0 atom stereocenters. The maximum Gasteiger partial charge on any atom is 0.347 e.